The van der Waals surface area contributed by atoms with Crippen LogP contribution in [0.2, 0.25) is 0 Å². The van der Waals surface area contributed by atoms with Crippen LogP contribution in [0.4, 0.5) is 15.8 Å². The Morgan fingerprint density at radius 3 is 2.81 bits per heavy atom. The minimum atomic E-state index is -0.528. The lowest BCUT2D eigenvalue weighted by molar-refractivity contribution is -0.117. The molecule has 1 aromatic carbocycles. The van der Waals surface area contributed by atoms with Gasteiger partial charge in [-0.05, 0) is 12.1 Å². The lowest BCUT2D eigenvalue weighted by Crippen LogP contribution is -2.25. The Morgan fingerprint density at radius 1 is 1.56 bits per heavy atom. The molecule has 0 aliphatic carbocycles. The molecule has 0 radical (unpaired) electrons. The van der Waals surface area contributed by atoms with Crippen molar-refractivity contribution in [3.05, 3.63) is 22.4 Å². The van der Waals surface area contributed by atoms with E-state index in [-0.39, 0.29) is 16.8 Å². The van der Waals surface area contributed by atoms with Crippen molar-refractivity contribution in [1.29, 1.82) is 0 Å². The highest BCUT2D eigenvalue weighted by molar-refractivity contribution is 9.10. The third-order valence-corrected chi connectivity index (χ3v) is 3.27. The highest BCUT2D eigenvalue weighted by atomic mass is 79.9. The Balaban J connectivity index is 2.44. The summed E-state index contributed by atoms with van der Waals surface area (Å²) in [6.45, 7) is 0.460. The van der Waals surface area contributed by atoms with Gasteiger partial charge >= 0.3 is 0 Å². The molecule has 3 nitrogen and oxygen atoms in total. The molecule has 86 valence electrons. The topological polar surface area (TPSA) is 46.3 Å². The lowest BCUT2D eigenvalue weighted by Gasteiger charge is -2.18. The van der Waals surface area contributed by atoms with Gasteiger partial charge in [0.05, 0.1) is 11.4 Å². The van der Waals surface area contributed by atoms with Crippen LogP contribution < -0.4 is 10.6 Å². The highest BCUT2D eigenvalue weighted by Gasteiger charge is 2.30. The second kappa shape index (κ2) is 4.25. The number of hydrogen-bond acceptors (Lipinski definition) is 3. The van der Waals surface area contributed by atoms with E-state index in [1.807, 2.05) is 0 Å². The maximum atomic E-state index is 13.4. The van der Waals surface area contributed by atoms with Gasteiger partial charge in [0.1, 0.15) is 5.82 Å². The van der Waals surface area contributed by atoms with E-state index in [9.17, 15) is 9.18 Å². The average Bonchev–Trinajstić information content (AvgIpc) is 2.51. The molecule has 1 aliphatic heterocycles. The Hall–Kier alpha value is -0.750. The minimum absolute atomic E-state index is 0.000941. The Kier molecular flexibility index (Phi) is 3.12. The van der Waals surface area contributed by atoms with Crippen LogP contribution >= 0.6 is 28.6 Å². The van der Waals surface area contributed by atoms with Crippen LogP contribution in [0.15, 0.2) is 16.6 Å². The molecule has 0 bridgehead atoms. The Morgan fingerprint density at radius 2 is 2.25 bits per heavy atom. The van der Waals surface area contributed by atoms with E-state index < -0.39 is 5.82 Å². The van der Waals surface area contributed by atoms with Crippen molar-refractivity contribution < 1.29 is 9.18 Å². The van der Waals surface area contributed by atoms with Gasteiger partial charge in [0, 0.05) is 22.7 Å². The van der Waals surface area contributed by atoms with E-state index in [4.69, 9.17) is 5.73 Å². The maximum Gasteiger partial charge on any atom is 0.228 e. The van der Waals surface area contributed by atoms with Gasteiger partial charge in [-0.25, -0.2) is 4.39 Å². The van der Waals surface area contributed by atoms with Gasteiger partial charge in [-0.15, -0.1) is 0 Å². The standard InChI is InChI=1S/C10H10BrFN2OS/c11-5-1-7(12)10(13)8(2-5)14-4-6(16)3-9(14)15/h1-2,6,16H,3-4,13H2. The van der Waals surface area contributed by atoms with E-state index in [1.54, 1.807) is 6.07 Å². The zero-order chi connectivity index (χ0) is 11.9. The molecule has 0 saturated carbocycles. The quantitative estimate of drug-likeness (QED) is 0.617. The molecule has 1 unspecified atom stereocenters. The van der Waals surface area contributed by atoms with Crippen LogP contribution in [0.5, 0.6) is 0 Å². The predicted octanol–water partition coefficient (Wildman–Crippen LogP) is 2.21. The van der Waals surface area contributed by atoms with Crippen molar-refractivity contribution in [2.75, 3.05) is 17.2 Å². The molecule has 1 saturated heterocycles. The molecular weight excluding hydrogens is 295 g/mol. The third kappa shape index (κ3) is 2.04. The number of anilines is 2. The molecule has 0 spiro atoms. The number of carbonyl (C=O) groups is 1. The summed E-state index contributed by atoms with van der Waals surface area (Å²) in [5.74, 6) is -0.607. The number of thiol groups is 1. The van der Waals surface area contributed by atoms with Crippen LogP contribution in [-0.4, -0.2) is 17.7 Å². The van der Waals surface area contributed by atoms with Gasteiger partial charge in [0.15, 0.2) is 0 Å². The van der Waals surface area contributed by atoms with Gasteiger partial charge in [-0.3, -0.25) is 4.79 Å². The van der Waals surface area contributed by atoms with Crippen LogP contribution in [-0.2, 0) is 4.79 Å². The zero-order valence-corrected chi connectivity index (χ0v) is 10.8. The SMILES string of the molecule is Nc1c(F)cc(Br)cc1N1CC(S)CC1=O. The third-order valence-electron chi connectivity index (χ3n) is 2.47. The van der Waals surface area contributed by atoms with Gasteiger partial charge in [-0.1, -0.05) is 15.9 Å². The van der Waals surface area contributed by atoms with Gasteiger partial charge in [0.2, 0.25) is 5.91 Å². The maximum absolute atomic E-state index is 13.4. The number of benzene rings is 1. The van der Waals surface area contributed by atoms with Crippen molar-refractivity contribution in [2.45, 2.75) is 11.7 Å². The largest absolute Gasteiger partial charge is 0.395 e. The first-order valence-corrected chi connectivity index (χ1v) is 6.03. The molecule has 1 aromatic rings. The molecule has 2 N–H and O–H groups in total. The van der Waals surface area contributed by atoms with Crippen molar-refractivity contribution in [1.82, 2.24) is 0 Å². The van der Waals surface area contributed by atoms with Crippen molar-refractivity contribution in [3.8, 4) is 0 Å². The number of nitrogens with two attached hydrogens (primary N) is 1. The monoisotopic (exact) mass is 304 g/mol. The number of halogens is 2. The molecule has 1 fully saturated rings. The van der Waals surface area contributed by atoms with E-state index in [1.165, 1.54) is 11.0 Å². The summed E-state index contributed by atoms with van der Waals surface area (Å²) in [5, 5.41) is -0.0195. The molecule has 6 heteroatoms. The molecule has 2 rings (SSSR count). The Labute approximate surface area is 106 Å². The van der Waals surface area contributed by atoms with Gasteiger partial charge in [0.25, 0.3) is 0 Å². The summed E-state index contributed by atoms with van der Waals surface area (Å²) in [7, 11) is 0. The van der Waals surface area contributed by atoms with Crippen LogP contribution in [0, 0.1) is 5.82 Å². The van der Waals surface area contributed by atoms with Crippen LogP contribution in [0.1, 0.15) is 6.42 Å². The summed E-state index contributed by atoms with van der Waals surface area (Å²) >= 11 is 7.42. The van der Waals surface area contributed by atoms with Crippen molar-refractivity contribution in [3.63, 3.8) is 0 Å². The number of carbonyl (C=O) groups excluding carboxylic acids is 1. The van der Waals surface area contributed by atoms with Crippen molar-refractivity contribution >= 4 is 45.8 Å². The minimum Gasteiger partial charge on any atom is -0.395 e. The number of nitrogen functional groups attached to an aromatic ring is 1. The molecule has 0 aromatic heterocycles. The number of rotatable bonds is 1. The average molecular weight is 305 g/mol. The first-order chi connectivity index (χ1) is 7.49. The summed E-state index contributed by atoms with van der Waals surface area (Å²) in [6.07, 6.45) is 0.358. The first kappa shape index (κ1) is 11.7. The highest BCUT2D eigenvalue weighted by Crippen LogP contribution is 2.33. The van der Waals surface area contributed by atoms with E-state index in [0.29, 0.717) is 23.1 Å². The summed E-state index contributed by atoms with van der Waals surface area (Å²) < 4.78 is 14.0. The van der Waals surface area contributed by atoms with Crippen LogP contribution in [0.3, 0.4) is 0 Å². The smallest absolute Gasteiger partial charge is 0.228 e. The van der Waals surface area contributed by atoms with E-state index in [0.717, 1.165) is 0 Å². The van der Waals surface area contributed by atoms with E-state index >= 15 is 0 Å². The fourth-order valence-electron chi connectivity index (χ4n) is 1.72. The van der Waals surface area contributed by atoms with Gasteiger partial charge < -0.3 is 10.6 Å². The zero-order valence-electron chi connectivity index (χ0n) is 8.28. The molecule has 1 heterocycles. The predicted molar refractivity (Wildman–Crippen MR) is 68.3 cm³/mol. The van der Waals surface area contributed by atoms with E-state index in [2.05, 4.69) is 28.6 Å². The molecular formula is C10H10BrFN2OS. The number of amides is 1. The fourth-order valence-corrected chi connectivity index (χ4v) is 2.45. The second-order valence-electron chi connectivity index (χ2n) is 3.68. The normalized spacial score (nSPS) is 20.6. The summed E-state index contributed by atoms with van der Waals surface area (Å²) in [6, 6.07) is 2.92. The van der Waals surface area contributed by atoms with Crippen molar-refractivity contribution in [2.24, 2.45) is 0 Å². The molecule has 1 amide bonds. The number of nitrogens with zero attached hydrogens (tertiary/aromatic N) is 1. The Bertz CT molecular complexity index is 455. The summed E-state index contributed by atoms with van der Waals surface area (Å²) in [5.41, 5.74) is 6.03. The molecule has 16 heavy (non-hydrogen) atoms. The van der Waals surface area contributed by atoms with Gasteiger partial charge in [-0.2, -0.15) is 12.6 Å². The lowest BCUT2D eigenvalue weighted by atomic mass is 10.2. The molecule has 1 aliphatic rings. The second-order valence-corrected chi connectivity index (χ2v) is 5.33. The molecule has 1 atom stereocenters. The number of hydrogen-bond donors (Lipinski definition) is 2. The first-order valence-electron chi connectivity index (χ1n) is 4.72. The van der Waals surface area contributed by atoms with Crippen LogP contribution in [0.25, 0.3) is 0 Å². The fraction of sp³-hybridized carbons (Fsp3) is 0.300. The summed E-state index contributed by atoms with van der Waals surface area (Å²) in [4.78, 5) is 13.1.